The molecule has 76 valence electrons. The Kier molecular flexibility index (Phi) is 7.20. The van der Waals surface area contributed by atoms with Gasteiger partial charge in [0.1, 0.15) is 5.78 Å². The molecule has 0 unspecified atom stereocenters. The third-order valence-electron chi connectivity index (χ3n) is 1.81. The highest BCUT2D eigenvalue weighted by Crippen LogP contribution is 2.05. The number of carbonyl (C=O) groups is 2. The second-order valence-corrected chi connectivity index (χ2v) is 3.15. The van der Waals surface area contributed by atoms with Gasteiger partial charge in [-0.3, -0.25) is 10.0 Å². The van der Waals surface area contributed by atoms with Crippen molar-refractivity contribution in [1.82, 2.24) is 5.48 Å². The van der Waals surface area contributed by atoms with E-state index >= 15 is 0 Å². The number of unbranched alkanes of at least 4 members (excludes halogenated alkanes) is 3. The van der Waals surface area contributed by atoms with Gasteiger partial charge in [-0.05, 0) is 19.8 Å². The molecule has 0 rings (SSSR count). The molecule has 0 fully saturated rings. The van der Waals surface area contributed by atoms with Gasteiger partial charge >= 0.3 is 0 Å². The Morgan fingerprint density at radius 3 is 2.08 bits per heavy atom. The molecule has 0 aromatic carbocycles. The topological polar surface area (TPSA) is 66.4 Å². The van der Waals surface area contributed by atoms with E-state index in [1.165, 1.54) is 0 Å². The predicted octanol–water partition coefficient (Wildman–Crippen LogP) is 1.42. The molecule has 0 heterocycles. The van der Waals surface area contributed by atoms with Crippen LogP contribution in [0.4, 0.5) is 0 Å². The van der Waals surface area contributed by atoms with Gasteiger partial charge in [-0.15, -0.1) is 0 Å². The molecule has 1 amide bonds. The van der Waals surface area contributed by atoms with Gasteiger partial charge in [-0.1, -0.05) is 12.8 Å². The molecule has 0 aliphatic rings. The minimum absolute atomic E-state index is 0.216. The lowest BCUT2D eigenvalue weighted by molar-refractivity contribution is -0.129. The standard InChI is InChI=1S/C9H17NO3/c1-8(11)6-4-2-3-5-7-9(12)10-13/h13H,2-7H2,1H3,(H,10,12). The lowest BCUT2D eigenvalue weighted by atomic mass is 10.1. The summed E-state index contributed by atoms with van der Waals surface area (Å²) in [5.74, 6) is -0.125. The first-order valence-electron chi connectivity index (χ1n) is 4.59. The van der Waals surface area contributed by atoms with Crippen molar-refractivity contribution < 1.29 is 14.8 Å². The Hall–Kier alpha value is -0.900. The van der Waals surface area contributed by atoms with Gasteiger partial charge in [-0.2, -0.15) is 0 Å². The van der Waals surface area contributed by atoms with E-state index in [0.717, 1.165) is 25.7 Å². The Morgan fingerprint density at radius 1 is 1.08 bits per heavy atom. The summed E-state index contributed by atoms with van der Waals surface area (Å²) in [5.41, 5.74) is 1.58. The number of carbonyl (C=O) groups excluding carboxylic acids is 2. The van der Waals surface area contributed by atoms with Crippen molar-refractivity contribution in [2.24, 2.45) is 0 Å². The molecular weight excluding hydrogens is 170 g/mol. The molecule has 0 radical (unpaired) electrons. The van der Waals surface area contributed by atoms with Crippen LogP contribution in [-0.2, 0) is 9.59 Å². The van der Waals surface area contributed by atoms with Gasteiger partial charge < -0.3 is 4.79 Å². The maximum absolute atomic E-state index is 10.5. The minimum atomic E-state index is -0.341. The third kappa shape index (κ3) is 9.01. The molecule has 0 bridgehead atoms. The number of hydrogen-bond acceptors (Lipinski definition) is 3. The van der Waals surface area contributed by atoms with Crippen molar-refractivity contribution in [3.63, 3.8) is 0 Å². The first-order chi connectivity index (χ1) is 6.16. The van der Waals surface area contributed by atoms with Gasteiger partial charge in [0.2, 0.25) is 5.91 Å². The molecule has 0 spiro atoms. The fourth-order valence-electron chi connectivity index (χ4n) is 1.07. The average Bonchev–Trinajstić information content (AvgIpc) is 2.10. The van der Waals surface area contributed by atoms with Gasteiger partial charge in [0.05, 0.1) is 0 Å². The van der Waals surface area contributed by atoms with Gasteiger partial charge in [0.15, 0.2) is 0 Å². The highest BCUT2D eigenvalue weighted by atomic mass is 16.5. The molecule has 0 aromatic rings. The summed E-state index contributed by atoms with van der Waals surface area (Å²) in [6, 6.07) is 0. The largest absolute Gasteiger partial charge is 0.300 e. The number of rotatable bonds is 7. The summed E-state index contributed by atoms with van der Waals surface area (Å²) in [6.07, 6.45) is 4.56. The first kappa shape index (κ1) is 12.1. The number of nitrogens with one attached hydrogen (secondary N) is 1. The maximum atomic E-state index is 10.5. The number of hydroxylamine groups is 1. The van der Waals surface area contributed by atoms with E-state index in [2.05, 4.69) is 0 Å². The van der Waals surface area contributed by atoms with Gasteiger partial charge in [0.25, 0.3) is 0 Å². The van der Waals surface area contributed by atoms with Crippen LogP contribution >= 0.6 is 0 Å². The van der Waals surface area contributed by atoms with Crippen LogP contribution in [0, 0.1) is 0 Å². The number of amides is 1. The maximum Gasteiger partial charge on any atom is 0.243 e. The second kappa shape index (κ2) is 7.73. The molecule has 0 saturated heterocycles. The molecule has 0 aliphatic heterocycles. The van der Waals surface area contributed by atoms with Crippen LogP contribution in [0.1, 0.15) is 45.4 Å². The summed E-state index contributed by atoms with van der Waals surface area (Å²) in [7, 11) is 0. The predicted molar refractivity (Wildman–Crippen MR) is 48.3 cm³/mol. The highest BCUT2D eigenvalue weighted by Gasteiger charge is 1.98. The molecular formula is C9H17NO3. The Morgan fingerprint density at radius 2 is 1.62 bits per heavy atom. The normalized spacial score (nSPS) is 9.69. The smallest absolute Gasteiger partial charge is 0.243 e. The van der Waals surface area contributed by atoms with Crippen LogP contribution in [0.3, 0.4) is 0 Å². The van der Waals surface area contributed by atoms with Crippen LogP contribution in [0.5, 0.6) is 0 Å². The van der Waals surface area contributed by atoms with Crippen molar-refractivity contribution in [2.75, 3.05) is 0 Å². The van der Waals surface area contributed by atoms with E-state index in [9.17, 15) is 9.59 Å². The zero-order valence-corrected chi connectivity index (χ0v) is 8.01. The molecule has 0 atom stereocenters. The minimum Gasteiger partial charge on any atom is -0.300 e. The van der Waals surface area contributed by atoms with E-state index < -0.39 is 0 Å². The Balaban J connectivity index is 3.08. The van der Waals surface area contributed by atoms with E-state index in [0.29, 0.717) is 12.8 Å². The van der Waals surface area contributed by atoms with Crippen molar-refractivity contribution in [1.29, 1.82) is 0 Å². The summed E-state index contributed by atoms with van der Waals surface area (Å²) >= 11 is 0. The molecule has 0 aliphatic carbocycles. The molecule has 0 aromatic heterocycles. The number of hydrogen-bond donors (Lipinski definition) is 2. The second-order valence-electron chi connectivity index (χ2n) is 3.15. The summed E-state index contributed by atoms with van der Waals surface area (Å²) in [5, 5.41) is 8.17. The SMILES string of the molecule is CC(=O)CCCCCCC(=O)NO. The van der Waals surface area contributed by atoms with Crippen molar-refractivity contribution in [3.8, 4) is 0 Å². The molecule has 0 saturated carbocycles. The molecule has 13 heavy (non-hydrogen) atoms. The lowest BCUT2D eigenvalue weighted by Gasteiger charge is -1.99. The van der Waals surface area contributed by atoms with E-state index in [1.54, 1.807) is 12.4 Å². The van der Waals surface area contributed by atoms with Crippen LogP contribution in [0.15, 0.2) is 0 Å². The van der Waals surface area contributed by atoms with E-state index in [1.807, 2.05) is 0 Å². The zero-order valence-electron chi connectivity index (χ0n) is 8.01. The van der Waals surface area contributed by atoms with Crippen LogP contribution in [0.25, 0.3) is 0 Å². The Bertz CT molecular complexity index is 168. The molecule has 4 heteroatoms. The first-order valence-corrected chi connectivity index (χ1v) is 4.59. The Labute approximate surface area is 78.3 Å². The molecule has 4 nitrogen and oxygen atoms in total. The van der Waals surface area contributed by atoms with Gasteiger partial charge in [-0.25, -0.2) is 5.48 Å². The summed E-state index contributed by atoms with van der Waals surface area (Å²) in [4.78, 5) is 21.1. The quantitative estimate of drug-likeness (QED) is 0.360. The lowest BCUT2D eigenvalue weighted by Crippen LogP contribution is -2.17. The number of ketones is 1. The summed E-state index contributed by atoms with van der Waals surface area (Å²) in [6.45, 7) is 1.58. The zero-order chi connectivity index (χ0) is 10.1. The van der Waals surface area contributed by atoms with Crippen molar-refractivity contribution in [3.05, 3.63) is 0 Å². The molecule has 2 N–H and O–H groups in total. The van der Waals surface area contributed by atoms with Crippen LogP contribution in [-0.4, -0.2) is 16.9 Å². The van der Waals surface area contributed by atoms with E-state index in [4.69, 9.17) is 5.21 Å². The van der Waals surface area contributed by atoms with Crippen LogP contribution in [0.2, 0.25) is 0 Å². The van der Waals surface area contributed by atoms with Crippen molar-refractivity contribution in [2.45, 2.75) is 45.4 Å². The van der Waals surface area contributed by atoms with Crippen LogP contribution < -0.4 is 5.48 Å². The van der Waals surface area contributed by atoms with E-state index in [-0.39, 0.29) is 11.7 Å². The fourth-order valence-corrected chi connectivity index (χ4v) is 1.07. The monoisotopic (exact) mass is 187 g/mol. The summed E-state index contributed by atoms with van der Waals surface area (Å²) < 4.78 is 0. The third-order valence-corrected chi connectivity index (χ3v) is 1.81. The highest BCUT2D eigenvalue weighted by molar-refractivity contribution is 5.75. The number of Topliss-reactive ketones (excluding diaryl/α,β-unsaturated/α-hetero) is 1. The van der Waals surface area contributed by atoms with Crippen molar-refractivity contribution >= 4 is 11.7 Å². The fraction of sp³-hybridized carbons (Fsp3) is 0.778. The average molecular weight is 187 g/mol. The van der Waals surface area contributed by atoms with Gasteiger partial charge in [0, 0.05) is 12.8 Å².